The minimum absolute atomic E-state index is 0.0617. The Morgan fingerprint density at radius 3 is 2.62 bits per heavy atom. The predicted molar refractivity (Wildman–Crippen MR) is 138 cm³/mol. The van der Waals surface area contributed by atoms with E-state index >= 15 is 0 Å². The second-order valence-corrected chi connectivity index (χ2v) is 9.17. The van der Waals surface area contributed by atoms with Gasteiger partial charge in [0, 0.05) is 22.2 Å². The Balaban J connectivity index is 1.57. The third kappa shape index (κ3) is 5.45. The number of esters is 1. The fourth-order valence-electron chi connectivity index (χ4n) is 3.16. The molecule has 1 aliphatic heterocycles. The number of halogens is 2. The summed E-state index contributed by atoms with van der Waals surface area (Å²) in [6, 6.07) is 17.0. The summed E-state index contributed by atoms with van der Waals surface area (Å²) in [5.41, 5.74) is 2.19. The van der Waals surface area contributed by atoms with E-state index in [1.54, 1.807) is 19.3 Å². The SMILES string of the molecule is COc1cc(/C=C2\N=C(c3ccc([N+](=O)[O-])cc3)OC2=O)cc(I)c1OCc1cccc(Br)c1. The van der Waals surface area contributed by atoms with Crippen molar-refractivity contribution in [2.24, 2.45) is 4.99 Å². The number of ether oxygens (including phenoxy) is 3. The molecule has 0 spiro atoms. The summed E-state index contributed by atoms with van der Waals surface area (Å²) >= 11 is 5.60. The number of nitro groups is 1. The molecule has 1 heterocycles. The molecule has 0 fully saturated rings. The van der Waals surface area contributed by atoms with Gasteiger partial charge in [0.25, 0.3) is 5.69 Å². The summed E-state index contributed by atoms with van der Waals surface area (Å²) < 4.78 is 18.5. The summed E-state index contributed by atoms with van der Waals surface area (Å²) in [5.74, 6) is 0.577. The number of rotatable bonds is 7. The summed E-state index contributed by atoms with van der Waals surface area (Å²) in [4.78, 5) is 26.9. The molecular weight excluding hydrogens is 619 g/mol. The molecule has 1 aliphatic rings. The number of nitrogens with zero attached hydrogens (tertiary/aromatic N) is 2. The Bertz CT molecular complexity index is 1340. The molecular formula is C24H16BrIN2O6. The first-order chi connectivity index (χ1) is 16.3. The number of nitro benzene ring substituents is 1. The average molecular weight is 635 g/mol. The lowest BCUT2D eigenvalue weighted by molar-refractivity contribution is -0.384. The lowest BCUT2D eigenvalue weighted by atomic mass is 10.1. The van der Waals surface area contributed by atoms with Crippen molar-refractivity contribution in [2.45, 2.75) is 6.61 Å². The molecule has 0 bridgehead atoms. The highest BCUT2D eigenvalue weighted by Gasteiger charge is 2.25. The number of carbonyl (C=O) groups excluding carboxylic acids is 1. The van der Waals surface area contributed by atoms with Gasteiger partial charge < -0.3 is 14.2 Å². The van der Waals surface area contributed by atoms with E-state index in [1.807, 2.05) is 30.3 Å². The van der Waals surface area contributed by atoms with Gasteiger partial charge in [-0.2, -0.15) is 0 Å². The first-order valence-corrected chi connectivity index (χ1v) is 11.7. The molecule has 0 aliphatic carbocycles. The largest absolute Gasteiger partial charge is 0.493 e. The number of methoxy groups -OCH3 is 1. The molecule has 0 unspecified atom stereocenters. The summed E-state index contributed by atoms with van der Waals surface area (Å²) in [5, 5.41) is 10.8. The van der Waals surface area contributed by atoms with Crippen molar-refractivity contribution < 1.29 is 23.9 Å². The number of aliphatic imine (C=N–C) groups is 1. The maximum absolute atomic E-state index is 12.4. The van der Waals surface area contributed by atoms with Crippen LogP contribution < -0.4 is 9.47 Å². The minimum atomic E-state index is -0.614. The number of non-ortho nitro benzene ring substituents is 1. The fourth-order valence-corrected chi connectivity index (χ4v) is 4.39. The predicted octanol–water partition coefficient (Wildman–Crippen LogP) is 5.89. The number of benzene rings is 3. The standard InChI is InChI=1S/C24H16BrIN2O6/c1-32-21-12-15(10-19(26)22(21)33-13-14-3-2-4-17(25)9-14)11-20-24(29)34-23(27-20)16-5-7-18(8-6-16)28(30)31/h2-12H,13H2,1H3/b20-11-. The maximum atomic E-state index is 12.4. The van der Waals surface area contributed by atoms with Gasteiger partial charge in [-0.1, -0.05) is 28.1 Å². The van der Waals surface area contributed by atoms with Crippen molar-refractivity contribution in [3.05, 3.63) is 101 Å². The van der Waals surface area contributed by atoms with Crippen molar-refractivity contribution in [1.29, 1.82) is 0 Å². The summed E-state index contributed by atoms with van der Waals surface area (Å²) in [6.45, 7) is 0.363. The second-order valence-electron chi connectivity index (χ2n) is 7.09. The molecule has 34 heavy (non-hydrogen) atoms. The van der Waals surface area contributed by atoms with E-state index in [-0.39, 0.29) is 17.3 Å². The summed E-state index contributed by atoms with van der Waals surface area (Å²) in [6.07, 6.45) is 1.59. The number of cyclic esters (lactones) is 1. The van der Waals surface area contributed by atoms with E-state index in [1.165, 1.54) is 24.3 Å². The zero-order chi connectivity index (χ0) is 24.2. The van der Waals surface area contributed by atoms with Crippen LogP contribution in [0.1, 0.15) is 16.7 Å². The van der Waals surface area contributed by atoms with Crippen molar-refractivity contribution in [3.63, 3.8) is 0 Å². The zero-order valence-electron chi connectivity index (χ0n) is 17.7. The van der Waals surface area contributed by atoms with Crippen molar-refractivity contribution in [1.82, 2.24) is 0 Å². The van der Waals surface area contributed by atoms with Crippen LogP contribution in [-0.2, 0) is 16.1 Å². The zero-order valence-corrected chi connectivity index (χ0v) is 21.4. The van der Waals surface area contributed by atoms with Crippen molar-refractivity contribution in [3.8, 4) is 11.5 Å². The molecule has 0 amide bonds. The Morgan fingerprint density at radius 2 is 1.94 bits per heavy atom. The van der Waals surface area contributed by atoms with Gasteiger partial charge in [0.1, 0.15) is 6.61 Å². The molecule has 10 heteroatoms. The molecule has 0 saturated carbocycles. The normalized spacial score (nSPS) is 14.0. The van der Waals surface area contributed by atoms with E-state index in [4.69, 9.17) is 14.2 Å². The van der Waals surface area contributed by atoms with Gasteiger partial charge in [0.2, 0.25) is 5.90 Å². The van der Waals surface area contributed by atoms with Crippen LogP contribution in [0.15, 0.2) is 75.8 Å². The molecule has 4 rings (SSSR count). The Hall–Kier alpha value is -3.25. The highest BCUT2D eigenvalue weighted by molar-refractivity contribution is 14.1. The van der Waals surface area contributed by atoms with E-state index in [0.717, 1.165) is 13.6 Å². The molecule has 0 saturated heterocycles. The first kappa shape index (κ1) is 23.9. The van der Waals surface area contributed by atoms with Gasteiger partial charge in [0.15, 0.2) is 17.2 Å². The van der Waals surface area contributed by atoms with Crippen LogP contribution >= 0.6 is 38.5 Å². The van der Waals surface area contributed by atoms with Crippen LogP contribution in [0.2, 0.25) is 0 Å². The molecule has 3 aromatic carbocycles. The smallest absolute Gasteiger partial charge is 0.363 e. The van der Waals surface area contributed by atoms with E-state index in [2.05, 4.69) is 43.5 Å². The topological polar surface area (TPSA) is 100 Å². The van der Waals surface area contributed by atoms with Crippen LogP contribution in [0.3, 0.4) is 0 Å². The molecule has 172 valence electrons. The maximum Gasteiger partial charge on any atom is 0.363 e. The monoisotopic (exact) mass is 634 g/mol. The molecule has 0 radical (unpaired) electrons. The van der Waals surface area contributed by atoms with Crippen LogP contribution in [0.5, 0.6) is 11.5 Å². The molecule has 3 aromatic rings. The number of hydrogen-bond donors (Lipinski definition) is 0. The quantitative estimate of drug-likeness (QED) is 0.106. The third-order valence-corrected chi connectivity index (χ3v) is 6.07. The van der Waals surface area contributed by atoms with Gasteiger partial charge in [-0.15, -0.1) is 0 Å². The Labute approximate surface area is 216 Å². The second kappa shape index (κ2) is 10.3. The highest BCUT2D eigenvalue weighted by atomic mass is 127. The highest BCUT2D eigenvalue weighted by Crippen LogP contribution is 2.35. The lowest BCUT2D eigenvalue weighted by Crippen LogP contribution is -2.05. The van der Waals surface area contributed by atoms with E-state index in [9.17, 15) is 14.9 Å². The third-order valence-electron chi connectivity index (χ3n) is 4.77. The fraction of sp³-hybridized carbons (Fsp3) is 0.0833. The van der Waals surface area contributed by atoms with Gasteiger partial charge in [0.05, 0.1) is 15.6 Å². The number of hydrogen-bond acceptors (Lipinski definition) is 7. The van der Waals surface area contributed by atoms with E-state index in [0.29, 0.717) is 29.2 Å². The Morgan fingerprint density at radius 1 is 1.18 bits per heavy atom. The van der Waals surface area contributed by atoms with Crippen LogP contribution in [-0.4, -0.2) is 23.9 Å². The van der Waals surface area contributed by atoms with Gasteiger partial charge in [-0.05, 0) is 76.2 Å². The first-order valence-electron chi connectivity index (χ1n) is 9.86. The minimum Gasteiger partial charge on any atom is -0.493 e. The molecule has 0 aromatic heterocycles. The van der Waals surface area contributed by atoms with Gasteiger partial charge in [-0.3, -0.25) is 10.1 Å². The average Bonchev–Trinajstić information content (AvgIpc) is 3.18. The van der Waals surface area contributed by atoms with Crippen LogP contribution in [0.4, 0.5) is 5.69 Å². The molecule has 0 N–H and O–H groups in total. The molecule has 0 atom stereocenters. The Kier molecular flexibility index (Phi) is 7.27. The molecule has 8 nitrogen and oxygen atoms in total. The van der Waals surface area contributed by atoms with Crippen molar-refractivity contribution >= 4 is 62.2 Å². The van der Waals surface area contributed by atoms with Gasteiger partial charge in [-0.25, -0.2) is 9.79 Å². The number of carbonyl (C=O) groups is 1. The van der Waals surface area contributed by atoms with Crippen LogP contribution in [0, 0.1) is 13.7 Å². The summed E-state index contributed by atoms with van der Waals surface area (Å²) in [7, 11) is 1.54. The van der Waals surface area contributed by atoms with Crippen molar-refractivity contribution in [2.75, 3.05) is 7.11 Å². The van der Waals surface area contributed by atoms with E-state index < -0.39 is 10.9 Å². The van der Waals surface area contributed by atoms with Crippen LogP contribution in [0.25, 0.3) is 6.08 Å². The van der Waals surface area contributed by atoms with Gasteiger partial charge >= 0.3 is 5.97 Å². The lowest BCUT2D eigenvalue weighted by Gasteiger charge is -2.14.